The summed E-state index contributed by atoms with van der Waals surface area (Å²) in [6.45, 7) is 2.15. The van der Waals surface area contributed by atoms with Crippen LogP contribution in [0.2, 0.25) is 0 Å². The fraction of sp³-hybridized carbons (Fsp3) is 0.267. The zero-order valence-corrected chi connectivity index (χ0v) is 12.1. The molecule has 100 valence electrons. The van der Waals surface area contributed by atoms with Crippen molar-refractivity contribution in [3.8, 4) is 11.1 Å². The highest BCUT2D eigenvalue weighted by atomic mass is 32.1. The van der Waals surface area contributed by atoms with E-state index in [9.17, 15) is 4.79 Å². The van der Waals surface area contributed by atoms with Gasteiger partial charge < -0.3 is 10.0 Å². The Morgan fingerprint density at radius 1 is 1.21 bits per heavy atom. The summed E-state index contributed by atoms with van der Waals surface area (Å²) in [5, 5.41) is 10.8. The summed E-state index contributed by atoms with van der Waals surface area (Å²) < 4.78 is 0. The van der Waals surface area contributed by atoms with Gasteiger partial charge in [0.1, 0.15) is 4.88 Å². The van der Waals surface area contributed by atoms with E-state index in [2.05, 4.69) is 38.1 Å². The lowest BCUT2D eigenvalue weighted by atomic mass is 10.0. The van der Waals surface area contributed by atoms with Crippen LogP contribution in [0.1, 0.15) is 28.2 Å². The normalized spacial score (nSPS) is 12.6. The minimum atomic E-state index is -0.867. The molecule has 1 aromatic heterocycles. The lowest BCUT2D eigenvalue weighted by Crippen LogP contribution is -2.16. The molecule has 1 heterocycles. The van der Waals surface area contributed by atoms with Gasteiger partial charge in [0.25, 0.3) is 0 Å². The molecule has 0 spiro atoms. The first-order valence-corrected chi connectivity index (χ1v) is 6.95. The Kier molecular flexibility index (Phi) is 4.02. The molecule has 3 nitrogen and oxygen atoms in total. The zero-order chi connectivity index (χ0) is 14.0. The van der Waals surface area contributed by atoms with Gasteiger partial charge in [0, 0.05) is 6.04 Å². The first-order valence-electron chi connectivity index (χ1n) is 6.07. The molecule has 0 fully saturated rings. The summed E-state index contributed by atoms with van der Waals surface area (Å²) in [6, 6.07) is 10.4. The van der Waals surface area contributed by atoms with Crippen LogP contribution >= 0.6 is 11.3 Å². The van der Waals surface area contributed by atoms with E-state index >= 15 is 0 Å². The number of carboxylic acid groups (broad SMARTS) is 1. The van der Waals surface area contributed by atoms with Gasteiger partial charge >= 0.3 is 5.97 Å². The van der Waals surface area contributed by atoms with Crippen LogP contribution < -0.4 is 0 Å². The predicted octanol–water partition coefficient (Wildman–Crippen LogP) is 3.74. The molecule has 2 aromatic rings. The summed E-state index contributed by atoms with van der Waals surface area (Å²) >= 11 is 1.26. The molecule has 4 heteroatoms. The maximum Gasteiger partial charge on any atom is 0.345 e. The Morgan fingerprint density at radius 3 is 2.32 bits per heavy atom. The molecule has 0 saturated carbocycles. The minimum absolute atomic E-state index is 0.367. The SMILES string of the molecule is CC(c1ccc(-c2csc(C(=O)O)c2)cc1)N(C)C. The average molecular weight is 275 g/mol. The molecule has 0 bridgehead atoms. The highest BCUT2D eigenvalue weighted by Crippen LogP contribution is 2.27. The number of hydrogen-bond acceptors (Lipinski definition) is 3. The van der Waals surface area contributed by atoms with E-state index in [1.807, 2.05) is 17.5 Å². The van der Waals surface area contributed by atoms with Gasteiger partial charge in [0.05, 0.1) is 0 Å². The number of thiophene rings is 1. The monoisotopic (exact) mass is 275 g/mol. The van der Waals surface area contributed by atoms with E-state index < -0.39 is 5.97 Å². The van der Waals surface area contributed by atoms with Gasteiger partial charge in [-0.2, -0.15) is 0 Å². The van der Waals surface area contributed by atoms with Crippen molar-refractivity contribution in [1.29, 1.82) is 0 Å². The van der Waals surface area contributed by atoms with Crippen LogP contribution in [0.25, 0.3) is 11.1 Å². The molecule has 1 aromatic carbocycles. The molecule has 19 heavy (non-hydrogen) atoms. The Hall–Kier alpha value is -1.65. The molecule has 1 unspecified atom stereocenters. The molecule has 0 radical (unpaired) electrons. The van der Waals surface area contributed by atoms with Crippen LogP contribution in [0.5, 0.6) is 0 Å². The molecule has 2 rings (SSSR count). The highest BCUT2D eigenvalue weighted by molar-refractivity contribution is 7.12. The van der Waals surface area contributed by atoms with Crippen LogP contribution in [0.3, 0.4) is 0 Å². The second-order valence-corrected chi connectivity index (χ2v) is 5.68. The van der Waals surface area contributed by atoms with Crippen molar-refractivity contribution in [3.05, 3.63) is 46.2 Å². The summed E-state index contributed by atoms with van der Waals surface area (Å²) in [4.78, 5) is 13.4. The van der Waals surface area contributed by atoms with Gasteiger partial charge in [-0.15, -0.1) is 11.3 Å². The molecule has 0 aliphatic carbocycles. The smallest absolute Gasteiger partial charge is 0.345 e. The lowest BCUT2D eigenvalue weighted by Gasteiger charge is -2.20. The first-order chi connectivity index (χ1) is 8.99. The first kappa shape index (κ1) is 13.8. The number of carboxylic acids is 1. The number of rotatable bonds is 4. The summed E-state index contributed by atoms with van der Waals surface area (Å²) in [6.07, 6.45) is 0. The van der Waals surface area contributed by atoms with E-state index in [4.69, 9.17) is 5.11 Å². The van der Waals surface area contributed by atoms with Crippen molar-refractivity contribution in [2.24, 2.45) is 0 Å². The van der Waals surface area contributed by atoms with Crippen molar-refractivity contribution >= 4 is 17.3 Å². The fourth-order valence-electron chi connectivity index (χ4n) is 1.85. The fourth-order valence-corrected chi connectivity index (χ4v) is 2.61. The number of benzene rings is 1. The summed E-state index contributed by atoms with van der Waals surface area (Å²) in [5.41, 5.74) is 3.27. The van der Waals surface area contributed by atoms with Gasteiger partial charge in [-0.25, -0.2) is 4.79 Å². The third kappa shape index (κ3) is 3.03. The Balaban J connectivity index is 2.24. The molecular formula is C15H17NO2S. The van der Waals surface area contributed by atoms with Crippen LogP contribution in [0, 0.1) is 0 Å². The molecule has 1 N–H and O–H groups in total. The van der Waals surface area contributed by atoms with Gasteiger partial charge in [-0.05, 0) is 49.2 Å². The largest absolute Gasteiger partial charge is 0.477 e. The molecule has 0 aliphatic rings. The van der Waals surface area contributed by atoms with Gasteiger partial charge in [-0.1, -0.05) is 24.3 Å². The van der Waals surface area contributed by atoms with E-state index in [-0.39, 0.29) is 0 Å². The molecule has 0 saturated heterocycles. The standard InChI is InChI=1S/C15H17NO2S/c1-10(16(2)3)11-4-6-12(7-5-11)13-8-14(15(17)18)19-9-13/h4-10H,1-3H3,(H,17,18). The molecule has 0 amide bonds. The van der Waals surface area contributed by atoms with Crippen LogP contribution in [-0.4, -0.2) is 30.1 Å². The Bertz CT molecular complexity index is 572. The quantitative estimate of drug-likeness (QED) is 0.924. The molecule has 0 aliphatic heterocycles. The maximum absolute atomic E-state index is 10.9. The summed E-state index contributed by atoms with van der Waals surface area (Å²) in [7, 11) is 4.10. The molecular weight excluding hydrogens is 258 g/mol. The average Bonchev–Trinajstić information content (AvgIpc) is 2.87. The van der Waals surface area contributed by atoms with E-state index in [0.717, 1.165) is 11.1 Å². The third-order valence-electron chi connectivity index (χ3n) is 3.31. The van der Waals surface area contributed by atoms with Crippen molar-refractivity contribution in [1.82, 2.24) is 4.90 Å². The zero-order valence-electron chi connectivity index (χ0n) is 11.3. The number of hydrogen-bond donors (Lipinski definition) is 1. The second-order valence-electron chi connectivity index (χ2n) is 4.77. The maximum atomic E-state index is 10.9. The number of carbonyl (C=O) groups is 1. The Labute approximate surface area is 117 Å². The van der Waals surface area contributed by atoms with Crippen molar-refractivity contribution in [2.75, 3.05) is 14.1 Å². The highest BCUT2D eigenvalue weighted by Gasteiger charge is 2.10. The lowest BCUT2D eigenvalue weighted by molar-refractivity contribution is 0.0702. The summed E-state index contributed by atoms with van der Waals surface area (Å²) in [5.74, 6) is -0.867. The van der Waals surface area contributed by atoms with Crippen molar-refractivity contribution in [2.45, 2.75) is 13.0 Å². The van der Waals surface area contributed by atoms with Gasteiger partial charge in [0.15, 0.2) is 0 Å². The third-order valence-corrected chi connectivity index (χ3v) is 4.23. The number of aromatic carboxylic acids is 1. The number of nitrogens with zero attached hydrogens (tertiary/aromatic N) is 1. The topological polar surface area (TPSA) is 40.5 Å². The minimum Gasteiger partial charge on any atom is -0.477 e. The van der Waals surface area contributed by atoms with E-state index in [1.54, 1.807) is 6.07 Å². The van der Waals surface area contributed by atoms with Crippen molar-refractivity contribution in [3.63, 3.8) is 0 Å². The predicted molar refractivity (Wildman–Crippen MR) is 78.8 cm³/mol. The second kappa shape index (κ2) is 5.55. The van der Waals surface area contributed by atoms with Crippen LogP contribution in [0.4, 0.5) is 0 Å². The van der Waals surface area contributed by atoms with Crippen molar-refractivity contribution < 1.29 is 9.90 Å². The van der Waals surface area contributed by atoms with Crippen LogP contribution in [-0.2, 0) is 0 Å². The van der Waals surface area contributed by atoms with Crippen LogP contribution in [0.15, 0.2) is 35.7 Å². The Morgan fingerprint density at radius 2 is 1.84 bits per heavy atom. The van der Waals surface area contributed by atoms with E-state index in [0.29, 0.717) is 10.9 Å². The van der Waals surface area contributed by atoms with Gasteiger partial charge in [0.2, 0.25) is 0 Å². The molecule has 1 atom stereocenters. The van der Waals surface area contributed by atoms with E-state index in [1.165, 1.54) is 16.9 Å². The van der Waals surface area contributed by atoms with Gasteiger partial charge in [-0.3, -0.25) is 0 Å².